The van der Waals surface area contributed by atoms with Crippen molar-refractivity contribution >= 4 is 33.0 Å². The second kappa shape index (κ2) is 8.95. The summed E-state index contributed by atoms with van der Waals surface area (Å²) >= 11 is 1.78. The number of fused-ring (bicyclic) bond motifs is 5. The molecule has 184 valence electrons. The highest BCUT2D eigenvalue weighted by atomic mass is 32.2. The maximum absolute atomic E-state index is 14.0. The van der Waals surface area contributed by atoms with E-state index in [-0.39, 0.29) is 30.0 Å². The number of sulfonamides is 1. The lowest BCUT2D eigenvalue weighted by Crippen LogP contribution is -2.45. The summed E-state index contributed by atoms with van der Waals surface area (Å²) in [7, 11) is -3.71. The molecule has 2 aromatic rings. The fourth-order valence-electron chi connectivity index (χ4n) is 6.04. The minimum Gasteiger partial charge on any atom is -0.465 e. The molecule has 0 spiro atoms. The number of hydrogen-bond donors (Lipinski definition) is 0. The summed E-state index contributed by atoms with van der Waals surface area (Å²) in [4.78, 5) is 18.0. The fraction of sp³-hybridized carbons (Fsp3) is 0.577. The zero-order chi connectivity index (χ0) is 24.2. The summed E-state index contributed by atoms with van der Waals surface area (Å²) in [5, 5.41) is 0. The van der Waals surface area contributed by atoms with Crippen LogP contribution in [0.1, 0.15) is 67.0 Å². The van der Waals surface area contributed by atoms with Gasteiger partial charge in [0.15, 0.2) is 0 Å². The van der Waals surface area contributed by atoms with Crippen LogP contribution in [0.15, 0.2) is 29.2 Å². The molecule has 3 atom stereocenters. The number of rotatable bonds is 5. The minimum atomic E-state index is -3.71. The smallest absolute Gasteiger partial charge is 0.323 e. The summed E-state index contributed by atoms with van der Waals surface area (Å²) < 4.78 is 35.1. The van der Waals surface area contributed by atoms with Crippen LogP contribution in [-0.2, 0) is 32.4 Å². The van der Waals surface area contributed by atoms with Crippen molar-refractivity contribution in [1.82, 2.24) is 4.90 Å². The molecule has 1 aromatic heterocycles. The molecule has 0 bridgehead atoms. The van der Waals surface area contributed by atoms with Gasteiger partial charge in [0, 0.05) is 28.3 Å². The van der Waals surface area contributed by atoms with Crippen LogP contribution in [0.25, 0.3) is 0 Å². The Morgan fingerprint density at radius 3 is 2.56 bits per heavy atom. The first-order valence-electron chi connectivity index (χ1n) is 12.4. The van der Waals surface area contributed by atoms with Crippen molar-refractivity contribution in [3.8, 4) is 0 Å². The standard InChI is InChI=1S/C26H34N2O4S2/c1-5-32-26(29)21-14-18-15-27(34(30,31)19-12-10-17(4)11-13-19)24-20-8-6-7-9-22(20)33-25(24)23(18)28(21)16(2)3/h10-13,16,18,21,23H,5-9,14-15H2,1-4H3/t18-,21-,23-/m0/s1. The second-order valence-electron chi connectivity index (χ2n) is 10.0. The molecule has 0 unspecified atom stereocenters. The van der Waals surface area contributed by atoms with E-state index in [0.29, 0.717) is 24.5 Å². The monoisotopic (exact) mass is 502 g/mol. The van der Waals surface area contributed by atoms with Gasteiger partial charge in [0.2, 0.25) is 0 Å². The van der Waals surface area contributed by atoms with Crippen molar-refractivity contribution < 1.29 is 17.9 Å². The van der Waals surface area contributed by atoms with Gasteiger partial charge in [0.1, 0.15) is 6.04 Å². The number of benzene rings is 1. The highest BCUT2D eigenvalue weighted by molar-refractivity contribution is 7.92. The van der Waals surface area contributed by atoms with Gasteiger partial charge in [-0.3, -0.25) is 14.0 Å². The number of esters is 1. The predicted molar refractivity (Wildman–Crippen MR) is 135 cm³/mol. The Morgan fingerprint density at radius 1 is 1.18 bits per heavy atom. The van der Waals surface area contributed by atoms with Gasteiger partial charge in [-0.15, -0.1) is 11.3 Å². The Kier molecular flexibility index (Phi) is 6.27. The lowest BCUT2D eigenvalue weighted by molar-refractivity contribution is -0.149. The fourth-order valence-corrected chi connectivity index (χ4v) is 9.27. The van der Waals surface area contributed by atoms with Gasteiger partial charge in [-0.05, 0) is 77.5 Å². The number of nitrogens with zero attached hydrogens (tertiary/aromatic N) is 2. The maximum Gasteiger partial charge on any atom is 0.323 e. The number of thiophene rings is 1. The van der Waals surface area contributed by atoms with E-state index in [1.54, 1.807) is 27.8 Å². The first kappa shape index (κ1) is 23.8. The molecule has 3 aliphatic rings. The Morgan fingerprint density at radius 2 is 1.88 bits per heavy atom. The minimum absolute atomic E-state index is 0.0458. The summed E-state index contributed by atoms with van der Waals surface area (Å²) in [5.74, 6) is -0.147. The molecule has 0 amide bonds. The molecule has 3 heterocycles. The van der Waals surface area contributed by atoms with E-state index in [1.807, 2.05) is 26.0 Å². The van der Waals surface area contributed by atoms with E-state index >= 15 is 0 Å². The Bertz CT molecular complexity index is 1190. The van der Waals surface area contributed by atoms with Gasteiger partial charge in [-0.1, -0.05) is 17.7 Å². The van der Waals surface area contributed by atoms with Gasteiger partial charge in [0.05, 0.1) is 23.2 Å². The lowest BCUT2D eigenvalue weighted by Gasteiger charge is -2.40. The van der Waals surface area contributed by atoms with Crippen LogP contribution in [0.2, 0.25) is 0 Å². The largest absolute Gasteiger partial charge is 0.465 e. The van der Waals surface area contributed by atoms with E-state index in [0.717, 1.165) is 41.8 Å². The molecule has 1 fully saturated rings. The number of anilines is 1. The zero-order valence-electron chi connectivity index (χ0n) is 20.4. The molecule has 2 aliphatic heterocycles. The van der Waals surface area contributed by atoms with Crippen LogP contribution in [0.4, 0.5) is 5.69 Å². The molecular weight excluding hydrogens is 468 g/mol. The van der Waals surface area contributed by atoms with Gasteiger partial charge < -0.3 is 4.74 Å². The molecule has 6 nitrogen and oxygen atoms in total. The first-order valence-corrected chi connectivity index (χ1v) is 14.7. The number of likely N-dealkylation sites (tertiary alicyclic amines) is 1. The second-order valence-corrected chi connectivity index (χ2v) is 13.0. The maximum atomic E-state index is 14.0. The van der Waals surface area contributed by atoms with Crippen molar-refractivity contribution in [3.05, 3.63) is 45.1 Å². The van der Waals surface area contributed by atoms with Gasteiger partial charge >= 0.3 is 5.97 Å². The van der Waals surface area contributed by atoms with E-state index in [4.69, 9.17) is 4.74 Å². The molecule has 1 aromatic carbocycles. The molecule has 8 heteroatoms. The van der Waals surface area contributed by atoms with Gasteiger partial charge in [-0.25, -0.2) is 8.42 Å². The van der Waals surface area contributed by atoms with Crippen LogP contribution in [0, 0.1) is 12.8 Å². The lowest BCUT2D eigenvalue weighted by atomic mass is 9.90. The van der Waals surface area contributed by atoms with E-state index in [2.05, 4.69) is 18.7 Å². The van der Waals surface area contributed by atoms with Crippen LogP contribution in [0.5, 0.6) is 0 Å². The van der Waals surface area contributed by atoms with Crippen molar-refractivity contribution in [3.63, 3.8) is 0 Å². The summed E-state index contributed by atoms with van der Waals surface area (Å²) in [6.07, 6.45) is 4.77. The van der Waals surface area contributed by atoms with Gasteiger partial charge in [-0.2, -0.15) is 0 Å². The number of hydrogen-bond acceptors (Lipinski definition) is 6. The zero-order valence-corrected chi connectivity index (χ0v) is 22.0. The topological polar surface area (TPSA) is 66.9 Å². The average molecular weight is 503 g/mol. The van der Waals surface area contributed by atoms with E-state index < -0.39 is 10.0 Å². The van der Waals surface area contributed by atoms with Crippen LogP contribution in [0.3, 0.4) is 0 Å². The number of aryl methyl sites for hydroxylation is 2. The number of carbonyl (C=O) groups excluding carboxylic acids is 1. The van der Waals surface area contributed by atoms with Crippen molar-refractivity contribution in [1.29, 1.82) is 0 Å². The number of carbonyl (C=O) groups is 1. The van der Waals surface area contributed by atoms with Crippen LogP contribution in [-0.4, -0.2) is 44.5 Å². The summed E-state index contributed by atoms with van der Waals surface area (Å²) in [6.45, 7) is 8.79. The summed E-state index contributed by atoms with van der Waals surface area (Å²) in [5.41, 5.74) is 3.15. The highest BCUT2D eigenvalue weighted by Gasteiger charge is 2.53. The predicted octanol–water partition coefficient (Wildman–Crippen LogP) is 4.85. The molecule has 0 radical (unpaired) electrons. The molecule has 34 heavy (non-hydrogen) atoms. The Labute approximate surface area is 207 Å². The average Bonchev–Trinajstić information content (AvgIpc) is 3.38. The van der Waals surface area contributed by atoms with Crippen molar-refractivity contribution in [2.24, 2.45) is 5.92 Å². The SMILES string of the molecule is CCOC(=O)[C@@H]1C[C@H]2CN(S(=O)(=O)c3ccc(C)cc3)c3c(sc4c3CCCC4)[C@H]2N1C(C)C. The normalized spacial score (nSPS) is 24.6. The van der Waals surface area contributed by atoms with Crippen molar-refractivity contribution in [2.45, 2.75) is 82.8 Å². The molecule has 1 saturated heterocycles. The Hall–Kier alpha value is -1.90. The van der Waals surface area contributed by atoms with Gasteiger partial charge in [0.25, 0.3) is 10.0 Å². The third-order valence-electron chi connectivity index (χ3n) is 7.51. The summed E-state index contributed by atoms with van der Waals surface area (Å²) in [6, 6.07) is 7.00. The molecule has 5 rings (SSSR count). The molecular formula is C26H34N2O4S2. The quantitative estimate of drug-likeness (QED) is 0.547. The van der Waals surface area contributed by atoms with E-state index in [1.165, 1.54) is 10.4 Å². The first-order chi connectivity index (χ1) is 16.2. The third-order valence-corrected chi connectivity index (χ3v) is 10.6. The Balaban J connectivity index is 1.65. The molecule has 0 saturated carbocycles. The van der Waals surface area contributed by atoms with Crippen molar-refractivity contribution in [2.75, 3.05) is 17.5 Å². The van der Waals surface area contributed by atoms with E-state index in [9.17, 15) is 13.2 Å². The van der Waals surface area contributed by atoms with Crippen LogP contribution >= 0.6 is 11.3 Å². The third kappa shape index (κ3) is 3.78. The number of ether oxygens (including phenoxy) is 1. The van der Waals surface area contributed by atoms with Crippen LogP contribution < -0.4 is 4.31 Å². The molecule has 1 aliphatic carbocycles. The highest BCUT2D eigenvalue weighted by Crippen LogP contribution is 2.56. The molecule has 0 N–H and O–H groups in total.